The standard InChI is InChI=1S/C37H34O11/c1-7-19(38)27-31-24-18(13-16(2)48-37(43)17-11-9-8-10-12-17)35(46-5)33(41)25-20(39)14-22(44-3)28(30(24)25)29-23(45-4)15-21(40)26(32(29)31)34(42)36(27)47-6/h8-12,14-16,19,38,41-42H,7,13H2,1-6H3/t16-,19-/m1/s1. The van der Waals surface area contributed by atoms with Gasteiger partial charge >= 0.3 is 5.97 Å². The van der Waals surface area contributed by atoms with Crippen molar-refractivity contribution in [3.63, 3.8) is 0 Å². The Bertz CT molecular complexity index is 2330. The van der Waals surface area contributed by atoms with E-state index in [0.717, 1.165) is 0 Å². The summed E-state index contributed by atoms with van der Waals surface area (Å²) in [7, 11) is 5.40. The van der Waals surface area contributed by atoms with Crippen LogP contribution in [-0.4, -0.2) is 55.8 Å². The molecule has 0 aliphatic rings. The fourth-order valence-corrected chi connectivity index (χ4v) is 6.90. The molecule has 0 heterocycles. The highest BCUT2D eigenvalue weighted by molar-refractivity contribution is 6.38. The molecular formula is C37H34O11. The molecule has 6 aromatic carbocycles. The van der Waals surface area contributed by atoms with Gasteiger partial charge in [-0.3, -0.25) is 9.59 Å². The Kier molecular flexibility index (Phi) is 8.26. The third-order valence-corrected chi connectivity index (χ3v) is 8.88. The molecule has 48 heavy (non-hydrogen) atoms. The number of aliphatic hydroxyl groups is 1. The van der Waals surface area contributed by atoms with Crippen molar-refractivity contribution in [2.45, 2.75) is 38.9 Å². The van der Waals surface area contributed by atoms with Crippen LogP contribution in [0.1, 0.15) is 47.9 Å². The van der Waals surface area contributed by atoms with E-state index in [4.69, 9.17) is 23.7 Å². The van der Waals surface area contributed by atoms with E-state index in [1.807, 2.05) is 0 Å². The molecule has 248 valence electrons. The van der Waals surface area contributed by atoms with Gasteiger partial charge in [0.15, 0.2) is 33.9 Å². The van der Waals surface area contributed by atoms with Crippen LogP contribution in [0.4, 0.5) is 0 Å². The Morgan fingerprint density at radius 1 is 0.708 bits per heavy atom. The number of ether oxygens (including phenoxy) is 5. The summed E-state index contributed by atoms with van der Waals surface area (Å²) in [4.78, 5) is 40.6. The molecule has 0 unspecified atom stereocenters. The number of benzene rings is 6. The van der Waals surface area contributed by atoms with E-state index in [2.05, 4.69) is 0 Å². The molecule has 0 fully saturated rings. The van der Waals surface area contributed by atoms with Crippen molar-refractivity contribution < 1.29 is 43.8 Å². The lowest BCUT2D eigenvalue weighted by molar-refractivity contribution is 0.0342. The highest BCUT2D eigenvalue weighted by atomic mass is 16.5. The van der Waals surface area contributed by atoms with E-state index in [0.29, 0.717) is 27.3 Å². The Morgan fingerprint density at radius 3 is 1.73 bits per heavy atom. The van der Waals surface area contributed by atoms with Crippen molar-refractivity contribution in [2.24, 2.45) is 0 Å². The van der Waals surface area contributed by atoms with Crippen LogP contribution in [0.15, 0.2) is 52.1 Å². The molecule has 0 amide bonds. The minimum absolute atomic E-state index is 0.0404. The van der Waals surface area contributed by atoms with Crippen molar-refractivity contribution in [3.8, 4) is 34.5 Å². The number of carbonyl (C=O) groups excluding carboxylic acids is 1. The lowest BCUT2D eigenvalue weighted by Gasteiger charge is -2.27. The first-order valence-electron chi connectivity index (χ1n) is 15.3. The SMILES string of the molecule is CC[C@@H](O)c1c(OC)c(O)c2c(=O)cc(OC)c3c4c(OC)cc(=O)c5c(O)c(OC)c(C[C@@H](C)OC(=O)c6ccccc6)c(c1c23)c54. The molecule has 0 aromatic heterocycles. The second-order valence-corrected chi connectivity index (χ2v) is 11.5. The van der Waals surface area contributed by atoms with E-state index in [1.165, 1.54) is 40.6 Å². The van der Waals surface area contributed by atoms with Crippen LogP contribution in [0.5, 0.6) is 34.5 Å². The van der Waals surface area contributed by atoms with Crippen LogP contribution in [0, 0.1) is 0 Å². The zero-order valence-corrected chi connectivity index (χ0v) is 27.2. The van der Waals surface area contributed by atoms with Gasteiger partial charge in [-0.2, -0.15) is 0 Å². The van der Waals surface area contributed by atoms with Crippen LogP contribution in [0.2, 0.25) is 0 Å². The third-order valence-electron chi connectivity index (χ3n) is 8.88. The van der Waals surface area contributed by atoms with Crippen LogP contribution in [0.25, 0.3) is 43.1 Å². The number of esters is 1. The van der Waals surface area contributed by atoms with Gasteiger partial charge < -0.3 is 39.0 Å². The number of phenolic OH excluding ortho intramolecular Hbond substituents is 2. The molecule has 6 rings (SSSR count). The van der Waals surface area contributed by atoms with Gasteiger partial charge in [0, 0.05) is 56.6 Å². The Morgan fingerprint density at radius 2 is 1.23 bits per heavy atom. The number of aromatic hydroxyl groups is 2. The maximum Gasteiger partial charge on any atom is 0.338 e. The zero-order valence-electron chi connectivity index (χ0n) is 27.2. The molecule has 0 aliphatic heterocycles. The molecule has 6 aromatic rings. The summed E-state index contributed by atoms with van der Waals surface area (Å²) in [5, 5.41) is 36.3. The Balaban J connectivity index is 1.91. The number of hydrogen-bond donors (Lipinski definition) is 3. The number of hydrogen-bond acceptors (Lipinski definition) is 11. The normalized spacial score (nSPS) is 12.9. The number of rotatable bonds is 10. The topological polar surface area (TPSA) is 158 Å². The molecule has 11 heteroatoms. The highest BCUT2D eigenvalue weighted by Gasteiger charge is 2.34. The molecule has 0 spiro atoms. The van der Waals surface area contributed by atoms with Crippen LogP contribution >= 0.6 is 0 Å². The minimum Gasteiger partial charge on any atom is -0.504 e. The summed E-state index contributed by atoms with van der Waals surface area (Å²) in [5.74, 6) is -1.49. The summed E-state index contributed by atoms with van der Waals surface area (Å²) >= 11 is 0. The van der Waals surface area contributed by atoms with Crippen molar-refractivity contribution >= 4 is 49.1 Å². The van der Waals surface area contributed by atoms with Crippen molar-refractivity contribution in [2.75, 3.05) is 28.4 Å². The van der Waals surface area contributed by atoms with Crippen LogP contribution in [-0.2, 0) is 11.2 Å². The summed E-state index contributed by atoms with van der Waals surface area (Å²) in [6.45, 7) is 3.41. The second-order valence-electron chi connectivity index (χ2n) is 11.5. The quantitative estimate of drug-likeness (QED) is 0.0963. The van der Waals surface area contributed by atoms with Gasteiger partial charge in [0.25, 0.3) is 0 Å². The van der Waals surface area contributed by atoms with Crippen molar-refractivity contribution in [1.29, 1.82) is 0 Å². The lowest BCUT2D eigenvalue weighted by Crippen LogP contribution is -2.19. The third kappa shape index (κ3) is 4.64. The highest BCUT2D eigenvalue weighted by Crippen LogP contribution is 2.56. The predicted molar refractivity (Wildman–Crippen MR) is 181 cm³/mol. The number of fused-ring (bicyclic) bond motifs is 2. The Hall–Kier alpha value is -5.55. The molecule has 2 atom stereocenters. The lowest BCUT2D eigenvalue weighted by atomic mass is 9.81. The van der Waals surface area contributed by atoms with Crippen molar-refractivity contribution in [3.05, 3.63) is 79.6 Å². The average molecular weight is 655 g/mol. The fourth-order valence-electron chi connectivity index (χ4n) is 6.90. The molecule has 0 radical (unpaired) electrons. The number of phenols is 2. The van der Waals surface area contributed by atoms with Crippen LogP contribution in [0.3, 0.4) is 0 Å². The number of aliphatic hydroxyl groups excluding tert-OH is 1. The largest absolute Gasteiger partial charge is 0.504 e. The average Bonchev–Trinajstić information content (AvgIpc) is 3.08. The van der Waals surface area contributed by atoms with Gasteiger partial charge in [0.1, 0.15) is 17.6 Å². The number of carbonyl (C=O) groups is 1. The van der Waals surface area contributed by atoms with Gasteiger partial charge in [-0.05, 0) is 30.9 Å². The van der Waals surface area contributed by atoms with Crippen molar-refractivity contribution in [1.82, 2.24) is 0 Å². The maximum absolute atomic E-state index is 13.8. The Labute approximate surface area is 274 Å². The van der Waals surface area contributed by atoms with Gasteiger partial charge in [-0.1, -0.05) is 25.1 Å². The first-order chi connectivity index (χ1) is 23.0. The van der Waals surface area contributed by atoms with Crippen LogP contribution < -0.4 is 29.8 Å². The summed E-state index contributed by atoms with van der Waals surface area (Å²) in [5.41, 5.74) is -0.380. The fraction of sp³-hybridized carbons (Fsp3) is 0.270. The maximum atomic E-state index is 13.8. The van der Waals surface area contributed by atoms with Gasteiger partial charge in [0.2, 0.25) is 0 Å². The molecule has 11 nitrogen and oxygen atoms in total. The summed E-state index contributed by atoms with van der Waals surface area (Å²) in [6, 6.07) is 10.9. The van der Waals surface area contributed by atoms with Gasteiger partial charge in [-0.25, -0.2) is 4.79 Å². The van der Waals surface area contributed by atoms with Gasteiger partial charge in [-0.15, -0.1) is 0 Å². The smallest absolute Gasteiger partial charge is 0.338 e. The molecule has 0 aliphatic carbocycles. The van der Waals surface area contributed by atoms with E-state index in [9.17, 15) is 29.7 Å². The van der Waals surface area contributed by atoms with E-state index < -0.39 is 40.5 Å². The first kappa shape index (κ1) is 32.4. The van der Waals surface area contributed by atoms with E-state index in [-0.39, 0.29) is 68.3 Å². The monoisotopic (exact) mass is 654 g/mol. The molecule has 0 bridgehead atoms. The van der Waals surface area contributed by atoms with Gasteiger partial charge in [0.05, 0.1) is 50.9 Å². The summed E-state index contributed by atoms with van der Waals surface area (Å²) in [6.07, 6.45) is -1.90. The zero-order chi connectivity index (χ0) is 34.6. The predicted octanol–water partition coefficient (Wildman–Crippen LogP) is 5.57. The second kappa shape index (κ2) is 12.2. The summed E-state index contributed by atoms with van der Waals surface area (Å²) < 4.78 is 28.7. The van der Waals surface area contributed by atoms with E-state index >= 15 is 0 Å². The van der Waals surface area contributed by atoms with E-state index in [1.54, 1.807) is 44.2 Å². The first-order valence-corrected chi connectivity index (χ1v) is 15.3. The number of methoxy groups -OCH3 is 4. The molecular weight excluding hydrogens is 620 g/mol. The minimum atomic E-state index is -1.23. The molecule has 0 saturated heterocycles. The molecule has 3 N–H and O–H groups in total. The molecule has 0 saturated carbocycles.